The molecule has 0 saturated carbocycles. The van der Waals surface area contributed by atoms with Gasteiger partial charge in [0.15, 0.2) is 5.60 Å². The molecule has 5 N–H and O–H groups in total. The van der Waals surface area contributed by atoms with Gasteiger partial charge in [0, 0.05) is 19.3 Å². The van der Waals surface area contributed by atoms with Crippen LogP contribution in [0.3, 0.4) is 0 Å². The molecule has 0 heterocycles. The van der Waals surface area contributed by atoms with Crippen LogP contribution in [-0.2, 0) is 30.4 Å². The van der Waals surface area contributed by atoms with Crippen LogP contribution in [-0.4, -0.2) is 61.7 Å². The summed E-state index contributed by atoms with van der Waals surface area (Å²) in [4.78, 5) is 61.2. The fraction of sp³-hybridized carbons (Fsp3) is 0.474. The fourth-order valence-electron chi connectivity index (χ4n) is 5.50. The highest BCUT2D eigenvalue weighted by atomic mass is 16.4. The second kappa shape index (κ2) is 21.2. The molecule has 2 rings (SSSR count). The third-order valence-electron chi connectivity index (χ3n) is 8.41. The number of hydrogen-bond acceptors (Lipinski definition) is 7. The molecule has 0 aliphatic rings. The normalized spacial score (nSPS) is 13.6. The van der Waals surface area contributed by atoms with Crippen LogP contribution in [0.1, 0.15) is 102 Å². The molecule has 0 saturated heterocycles. The van der Waals surface area contributed by atoms with E-state index in [4.69, 9.17) is 5.26 Å². The predicted octanol–water partition coefficient (Wildman–Crippen LogP) is 6.07. The lowest BCUT2D eigenvalue weighted by atomic mass is 9.82. The Labute approximate surface area is 287 Å². The van der Waals surface area contributed by atoms with E-state index in [2.05, 4.69) is 12.2 Å². The van der Waals surface area contributed by atoms with Crippen molar-refractivity contribution in [3.05, 3.63) is 71.8 Å². The maximum absolute atomic E-state index is 13.4. The van der Waals surface area contributed by atoms with Gasteiger partial charge >= 0.3 is 17.9 Å². The van der Waals surface area contributed by atoms with Gasteiger partial charge < -0.3 is 25.7 Å². The summed E-state index contributed by atoms with van der Waals surface area (Å²) in [5, 5.41) is 51.2. The molecule has 0 fully saturated rings. The number of hydrogen-bond donors (Lipinski definition) is 5. The largest absolute Gasteiger partial charge is 0.481 e. The van der Waals surface area contributed by atoms with E-state index < -0.39 is 47.8 Å². The van der Waals surface area contributed by atoms with E-state index in [1.807, 2.05) is 6.07 Å². The molecule has 1 amide bonds. The highest BCUT2D eigenvalue weighted by molar-refractivity contribution is 5.94. The van der Waals surface area contributed by atoms with Gasteiger partial charge in [-0.1, -0.05) is 94.0 Å². The first-order valence-corrected chi connectivity index (χ1v) is 16.9. The second-order valence-electron chi connectivity index (χ2n) is 12.4. The van der Waals surface area contributed by atoms with E-state index in [1.54, 1.807) is 48.5 Å². The molecule has 49 heavy (non-hydrogen) atoms. The van der Waals surface area contributed by atoms with Gasteiger partial charge in [-0.25, -0.2) is 9.59 Å². The van der Waals surface area contributed by atoms with Gasteiger partial charge in [0.1, 0.15) is 11.8 Å². The minimum atomic E-state index is -3.03. The van der Waals surface area contributed by atoms with Crippen LogP contribution in [0.15, 0.2) is 60.7 Å². The summed E-state index contributed by atoms with van der Waals surface area (Å²) in [7, 11) is 0. The van der Waals surface area contributed by atoms with E-state index in [1.165, 1.54) is 12.5 Å². The molecule has 264 valence electrons. The van der Waals surface area contributed by atoms with Crippen molar-refractivity contribution < 1.29 is 44.4 Å². The molecule has 0 aliphatic heterocycles. The topological polar surface area (TPSA) is 202 Å². The minimum absolute atomic E-state index is 0.170. The molecular weight excluding hydrogens is 628 g/mol. The summed E-state index contributed by atoms with van der Waals surface area (Å²) in [6.45, 7) is 2.15. The Kier molecular flexibility index (Phi) is 17.5. The molecule has 2 aromatic rings. The quantitative estimate of drug-likeness (QED) is 0.0641. The SMILES string of the molecule is CCCCCCCC(=O)CCCCCC/C=C/C(C(=O)NC(Cc1ccc(-c2ccc(C#N)cc2)cc1)C(=O)O)C(O)(CC(=O)O)C(=O)O. The Bertz CT molecular complexity index is 1460. The van der Waals surface area contributed by atoms with Crippen molar-refractivity contribution >= 4 is 29.6 Å². The van der Waals surface area contributed by atoms with Gasteiger partial charge in [-0.2, -0.15) is 5.26 Å². The van der Waals surface area contributed by atoms with Crippen molar-refractivity contribution in [2.75, 3.05) is 0 Å². The van der Waals surface area contributed by atoms with Crippen LogP contribution in [0, 0.1) is 17.2 Å². The lowest BCUT2D eigenvalue weighted by Crippen LogP contribution is -2.55. The molecule has 3 atom stereocenters. The van der Waals surface area contributed by atoms with E-state index in [0.29, 0.717) is 36.8 Å². The zero-order valence-corrected chi connectivity index (χ0v) is 28.1. The number of rotatable bonds is 24. The Hall–Kier alpha value is -4.82. The lowest BCUT2D eigenvalue weighted by Gasteiger charge is -2.29. The maximum Gasteiger partial charge on any atom is 0.337 e. The summed E-state index contributed by atoms with van der Waals surface area (Å²) < 4.78 is 0. The smallest absolute Gasteiger partial charge is 0.337 e. The van der Waals surface area contributed by atoms with Crippen molar-refractivity contribution in [3.8, 4) is 17.2 Å². The molecule has 0 radical (unpaired) electrons. The number of carbonyl (C=O) groups is 5. The van der Waals surface area contributed by atoms with E-state index in [-0.39, 0.29) is 12.2 Å². The van der Waals surface area contributed by atoms with Crippen LogP contribution in [0.4, 0.5) is 0 Å². The molecule has 2 aromatic carbocycles. The number of unbranched alkanes of at least 4 members (excludes halogenated alkanes) is 8. The van der Waals surface area contributed by atoms with Crippen molar-refractivity contribution in [3.63, 3.8) is 0 Å². The van der Waals surface area contributed by atoms with Gasteiger partial charge in [-0.15, -0.1) is 0 Å². The third kappa shape index (κ3) is 14.1. The lowest BCUT2D eigenvalue weighted by molar-refractivity contribution is -0.172. The summed E-state index contributed by atoms with van der Waals surface area (Å²) in [6, 6.07) is 14.3. The Morgan fingerprint density at radius 3 is 1.88 bits per heavy atom. The molecule has 3 unspecified atom stereocenters. The van der Waals surface area contributed by atoms with Crippen molar-refractivity contribution in [2.24, 2.45) is 5.92 Å². The number of nitriles is 1. The number of carbonyl (C=O) groups excluding carboxylic acids is 2. The summed E-state index contributed by atoms with van der Waals surface area (Å²) in [5.74, 6) is -7.76. The summed E-state index contributed by atoms with van der Waals surface area (Å²) in [5.41, 5.74) is -0.320. The fourth-order valence-corrected chi connectivity index (χ4v) is 5.50. The first-order valence-electron chi connectivity index (χ1n) is 16.9. The number of allylic oxidation sites excluding steroid dienone is 1. The summed E-state index contributed by atoms with van der Waals surface area (Å²) in [6.07, 6.45) is 11.2. The van der Waals surface area contributed by atoms with Crippen LogP contribution < -0.4 is 5.32 Å². The Balaban J connectivity index is 2.03. The first kappa shape index (κ1) is 40.4. The predicted molar refractivity (Wildman–Crippen MR) is 183 cm³/mol. The minimum Gasteiger partial charge on any atom is -0.481 e. The highest BCUT2D eigenvalue weighted by Gasteiger charge is 2.49. The first-order chi connectivity index (χ1) is 23.4. The number of carboxylic acids is 3. The van der Waals surface area contributed by atoms with E-state index in [0.717, 1.165) is 62.1 Å². The Morgan fingerprint density at radius 1 is 0.816 bits per heavy atom. The zero-order chi connectivity index (χ0) is 36.2. The molecule has 11 nitrogen and oxygen atoms in total. The highest BCUT2D eigenvalue weighted by Crippen LogP contribution is 2.26. The number of nitrogens with one attached hydrogen (secondary N) is 1. The molecule has 0 spiro atoms. The monoisotopic (exact) mass is 676 g/mol. The molecule has 11 heteroatoms. The zero-order valence-electron chi connectivity index (χ0n) is 28.1. The molecule has 0 aliphatic carbocycles. The average molecular weight is 677 g/mol. The standard InChI is InChI=1S/C38H48N2O9/c1-2-3-4-7-10-13-31(41)14-11-8-5-6-9-12-15-32(38(49,37(47)48)25-34(42)43)35(44)40-33(36(45)46)24-27-16-20-29(21-17-27)30-22-18-28(26-39)19-23-30/h12,15-23,32-33,49H,2-11,13-14,24-25H2,1H3,(H,40,44)(H,42,43)(H,45,46)(H,47,48)/b15-12+. The molecule has 0 aromatic heterocycles. The van der Waals surface area contributed by atoms with Crippen molar-refractivity contribution in [1.82, 2.24) is 5.32 Å². The molecule has 0 bridgehead atoms. The number of carboxylic acid groups (broad SMARTS) is 3. The van der Waals surface area contributed by atoms with Gasteiger partial charge in [0.25, 0.3) is 0 Å². The maximum atomic E-state index is 13.4. The number of aliphatic hydroxyl groups is 1. The number of benzene rings is 2. The van der Waals surface area contributed by atoms with Crippen LogP contribution in [0.2, 0.25) is 0 Å². The number of ketones is 1. The van der Waals surface area contributed by atoms with E-state index in [9.17, 15) is 44.4 Å². The van der Waals surface area contributed by atoms with Crippen LogP contribution in [0.5, 0.6) is 0 Å². The second-order valence-corrected chi connectivity index (χ2v) is 12.4. The van der Waals surface area contributed by atoms with Gasteiger partial charge in [0.2, 0.25) is 5.91 Å². The van der Waals surface area contributed by atoms with Crippen LogP contribution >= 0.6 is 0 Å². The third-order valence-corrected chi connectivity index (χ3v) is 8.41. The van der Waals surface area contributed by atoms with Crippen LogP contribution in [0.25, 0.3) is 11.1 Å². The van der Waals surface area contributed by atoms with Crippen molar-refractivity contribution in [2.45, 2.75) is 108 Å². The van der Waals surface area contributed by atoms with E-state index >= 15 is 0 Å². The number of amides is 1. The van der Waals surface area contributed by atoms with Gasteiger partial charge in [-0.05, 0) is 54.5 Å². The number of nitrogens with zero attached hydrogens (tertiary/aromatic N) is 1. The van der Waals surface area contributed by atoms with Gasteiger partial charge in [-0.3, -0.25) is 14.4 Å². The number of aliphatic carboxylic acids is 3. The van der Waals surface area contributed by atoms with Crippen molar-refractivity contribution in [1.29, 1.82) is 5.26 Å². The molecular formula is C38H48N2O9. The average Bonchev–Trinajstić information content (AvgIpc) is 3.07. The Morgan fingerprint density at radius 2 is 1.37 bits per heavy atom. The summed E-state index contributed by atoms with van der Waals surface area (Å²) >= 11 is 0. The van der Waals surface area contributed by atoms with Gasteiger partial charge in [0.05, 0.1) is 24.0 Å². The number of Topliss-reactive ketones (excluding diaryl/α,β-unsaturated/α-hetero) is 1.